The summed E-state index contributed by atoms with van der Waals surface area (Å²) in [5.41, 5.74) is 2.57. The molecule has 0 saturated heterocycles. The molecular formula is C16H16O4. The third-order valence-electron chi connectivity index (χ3n) is 2.63. The van der Waals surface area contributed by atoms with E-state index in [2.05, 4.69) is 0 Å². The quantitative estimate of drug-likeness (QED) is 0.824. The highest BCUT2D eigenvalue weighted by molar-refractivity contribution is 5.79. The summed E-state index contributed by atoms with van der Waals surface area (Å²) >= 11 is 0. The molecule has 2 aromatic rings. The molecule has 2 rings (SSSR count). The van der Waals surface area contributed by atoms with Crippen LogP contribution < -0.4 is 0 Å². The minimum Gasteiger partial charge on any atom is -0.507 e. The number of carbonyl (C=O) groups is 2. The molecule has 0 amide bonds. The van der Waals surface area contributed by atoms with E-state index in [-0.39, 0.29) is 11.5 Å². The van der Waals surface area contributed by atoms with Crippen molar-refractivity contribution in [3.05, 3.63) is 58.7 Å². The Morgan fingerprint density at radius 3 is 1.35 bits per heavy atom. The summed E-state index contributed by atoms with van der Waals surface area (Å²) in [6, 6.07) is 9.87. The molecule has 4 heteroatoms. The zero-order valence-electron chi connectivity index (χ0n) is 11.3. The lowest BCUT2D eigenvalue weighted by atomic mass is 10.1. The van der Waals surface area contributed by atoms with Gasteiger partial charge in [-0.05, 0) is 49.2 Å². The Bertz CT molecular complexity index is 562. The monoisotopic (exact) mass is 272 g/mol. The van der Waals surface area contributed by atoms with E-state index in [1.807, 2.05) is 13.8 Å². The molecule has 0 atom stereocenters. The Labute approximate surface area is 117 Å². The largest absolute Gasteiger partial charge is 0.507 e. The molecule has 0 fully saturated rings. The van der Waals surface area contributed by atoms with Crippen LogP contribution in [-0.2, 0) is 0 Å². The van der Waals surface area contributed by atoms with Crippen molar-refractivity contribution < 1.29 is 19.8 Å². The van der Waals surface area contributed by atoms with Crippen LogP contribution in [0.1, 0.15) is 31.8 Å². The van der Waals surface area contributed by atoms with Crippen LogP contribution in [0.3, 0.4) is 0 Å². The van der Waals surface area contributed by atoms with Crippen molar-refractivity contribution in [2.24, 2.45) is 0 Å². The van der Waals surface area contributed by atoms with E-state index in [1.165, 1.54) is 0 Å². The van der Waals surface area contributed by atoms with Gasteiger partial charge >= 0.3 is 0 Å². The normalized spacial score (nSPS) is 9.30. The number of aromatic hydroxyl groups is 2. The van der Waals surface area contributed by atoms with Crippen LogP contribution in [0.4, 0.5) is 0 Å². The average Bonchev–Trinajstić information content (AvgIpc) is 2.40. The first kappa shape index (κ1) is 15.4. The fourth-order valence-corrected chi connectivity index (χ4v) is 1.51. The summed E-state index contributed by atoms with van der Waals surface area (Å²) < 4.78 is 0. The van der Waals surface area contributed by atoms with E-state index in [0.717, 1.165) is 11.1 Å². The van der Waals surface area contributed by atoms with Gasteiger partial charge in [-0.25, -0.2) is 0 Å². The van der Waals surface area contributed by atoms with Crippen LogP contribution in [0.25, 0.3) is 0 Å². The number of aldehydes is 2. The summed E-state index contributed by atoms with van der Waals surface area (Å²) in [7, 11) is 0. The molecule has 0 unspecified atom stereocenters. The van der Waals surface area contributed by atoms with Gasteiger partial charge in [-0.3, -0.25) is 9.59 Å². The number of hydrogen-bond acceptors (Lipinski definition) is 4. The Hall–Kier alpha value is -2.62. The van der Waals surface area contributed by atoms with Gasteiger partial charge in [0.1, 0.15) is 11.5 Å². The Balaban J connectivity index is 0.000000200. The molecule has 0 radical (unpaired) electrons. The molecule has 0 heterocycles. The maximum atomic E-state index is 10.2. The van der Waals surface area contributed by atoms with Gasteiger partial charge in [-0.1, -0.05) is 12.1 Å². The Kier molecular flexibility index (Phi) is 5.47. The van der Waals surface area contributed by atoms with Gasteiger partial charge in [-0.15, -0.1) is 0 Å². The summed E-state index contributed by atoms with van der Waals surface area (Å²) in [6.07, 6.45) is 1.27. The predicted molar refractivity (Wildman–Crippen MR) is 76.5 cm³/mol. The van der Waals surface area contributed by atoms with Crippen LogP contribution in [0.5, 0.6) is 11.5 Å². The van der Waals surface area contributed by atoms with Crippen molar-refractivity contribution in [1.29, 1.82) is 0 Å². The molecule has 0 bridgehead atoms. The molecule has 0 aliphatic heterocycles. The minimum atomic E-state index is 0.0509. The first-order chi connectivity index (χ1) is 9.47. The molecule has 0 aromatic heterocycles. The van der Waals surface area contributed by atoms with Crippen LogP contribution in [0.2, 0.25) is 0 Å². The molecule has 2 N–H and O–H groups in total. The SMILES string of the molecule is Cc1ccc(C=O)c(O)c1.Cc1ccc(C=O)c(O)c1. The predicted octanol–water partition coefficient (Wildman–Crippen LogP) is 3.03. The topological polar surface area (TPSA) is 74.6 Å². The van der Waals surface area contributed by atoms with Crippen LogP contribution >= 0.6 is 0 Å². The van der Waals surface area contributed by atoms with Gasteiger partial charge in [0.05, 0.1) is 11.1 Å². The standard InChI is InChI=1S/2C8H8O2/c2*1-6-2-3-7(5-9)8(10)4-6/h2*2-5,10H,1H3. The lowest BCUT2D eigenvalue weighted by Gasteiger charge is -1.96. The molecule has 20 heavy (non-hydrogen) atoms. The zero-order valence-corrected chi connectivity index (χ0v) is 11.3. The number of carbonyl (C=O) groups excluding carboxylic acids is 2. The highest BCUT2D eigenvalue weighted by Crippen LogP contribution is 2.16. The zero-order chi connectivity index (χ0) is 15.1. The van der Waals surface area contributed by atoms with Gasteiger partial charge < -0.3 is 10.2 Å². The van der Waals surface area contributed by atoms with Crippen LogP contribution in [0.15, 0.2) is 36.4 Å². The number of rotatable bonds is 2. The van der Waals surface area contributed by atoms with Crippen LogP contribution in [-0.4, -0.2) is 22.8 Å². The Morgan fingerprint density at radius 2 is 1.10 bits per heavy atom. The summed E-state index contributed by atoms with van der Waals surface area (Å²) in [5, 5.41) is 18.1. The third-order valence-corrected chi connectivity index (χ3v) is 2.63. The maximum absolute atomic E-state index is 10.2. The van der Waals surface area contributed by atoms with Crippen molar-refractivity contribution in [2.45, 2.75) is 13.8 Å². The van der Waals surface area contributed by atoms with E-state index >= 15 is 0 Å². The summed E-state index contributed by atoms with van der Waals surface area (Å²) in [6.45, 7) is 3.71. The average molecular weight is 272 g/mol. The highest BCUT2D eigenvalue weighted by atomic mass is 16.3. The van der Waals surface area contributed by atoms with E-state index in [1.54, 1.807) is 36.4 Å². The Morgan fingerprint density at radius 1 is 0.750 bits per heavy atom. The van der Waals surface area contributed by atoms with E-state index < -0.39 is 0 Å². The fraction of sp³-hybridized carbons (Fsp3) is 0.125. The molecule has 0 saturated carbocycles. The molecule has 0 aliphatic rings. The molecule has 0 aliphatic carbocycles. The number of aryl methyl sites for hydroxylation is 2. The third kappa shape index (κ3) is 4.24. The molecular weight excluding hydrogens is 256 g/mol. The van der Waals surface area contributed by atoms with E-state index in [4.69, 9.17) is 10.2 Å². The first-order valence-corrected chi connectivity index (χ1v) is 5.97. The van der Waals surface area contributed by atoms with E-state index in [0.29, 0.717) is 23.7 Å². The van der Waals surface area contributed by atoms with Crippen molar-refractivity contribution in [1.82, 2.24) is 0 Å². The number of phenolic OH excluding ortho intramolecular Hbond substituents is 2. The first-order valence-electron chi connectivity index (χ1n) is 5.97. The van der Waals surface area contributed by atoms with E-state index in [9.17, 15) is 9.59 Å². The number of hydrogen-bond donors (Lipinski definition) is 2. The second kappa shape index (κ2) is 7.09. The fourth-order valence-electron chi connectivity index (χ4n) is 1.51. The van der Waals surface area contributed by atoms with Crippen molar-refractivity contribution >= 4 is 12.6 Å². The van der Waals surface area contributed by atoms with Crippen molar-refractivity contribution in [3.8, 4) is 11.5 Å². The number of benzene rings is 2. The second-order valence-electron chi connectivity index (χ2n) is 4.36. The van der Waals surface area contributed by atoms with Gasteiger partial charge in [0.15, 0.2) is 12.6 Å². The molecule has 0 spiro atoms. The van der Waals surface area contributed by atoms with Gasteiger partial charge in [0.25, 0.3) is 0 Å². The van der Waals surface area contributed by atoms with Gasteiger partial charge in [-0.2, -0.15) is 0 Å². The molecule has 4 nitrogen and oxygen atoms in total. The van der Waals surface area contributed by atoms with Crippen LogP contribution in [0, 0.1) is 13.8 Å². The summed E-state index contributed by atoms with van der Waals surface area (Å²) in [4.78, 5) is 20.4. The second-order valence-corrected chi connectivity index (χ2v) is 4.36. The van der Waals surface area contributed by atoms with Crippen molar-refractivity contribution in [2.75, 3.05) is 0 Å². The minimum absolute atomic E-state index is 0.0509. The van der Waals surface area contributed by atoms with Gasteiger partial charge in [0.2, 0.25) is 0 Å². The van der Waals surface area contributed by atoms with Gasteiger partial charge in [0, 0.05) is 0 Å². The molecule has 2 aromatic carbocycles. The summed E-state index contributed by atoms with van der Waals surface area (Å²) in [5.74, 6) is 0.102. The smallest absolute Gasteiger partial charge is 0.153 e. The number of phenols is 2. The highest BCUT2D eigenvalue weighted by Gasteiger charge is 1.97. The maximum Gasteiger partial charge on any atom is 0.153 e. The molecule has 104 valence electrons. The van der Waals surface area contributed by atoms with Crippen molar-refractivity contribution in [3.63, 3.8) is 0 Å². The lowest BCUT2D eigenvalue weighted by Crippen LogP contribution is -1.80. The lowest BCUT2D eigenvalue weighted by molar-refractivity contribution is 0.111.